The molecule has 2 aliphatic rings. The number of carbonyl (C=O) groups excluding carboxylic acids is 1. The van der Waals surface area contributed by atoms with Crippen LogP contribution in [-0.2, 0) is 9.53 Å². The van der Waals surface area contributed by atoms with E-state index in [1.54, 1.807) is 0 Å². The Morgan fingerprint density at radius 2 is 2.00 bits per heavy atom. The van der Waals surface area contributed by atoms with Crippen molar-refractivity contribution < 1.29 is 9.53 Å². The zero-order valence-corrected chi connectivity index (χ0v) is 13.4. The van der Waals surface area contributed by atoms with Crippen molar-refractivity contribution in [1.82, 2.24) is 10.2 Å². The summed E-state index contributed by atoms with van der Waals surface area (Å²) in [7, 11) is 1.51. The molecule has 20 heavy (non-hydrogen) atoms. The van der Waals surface area contributed by atoms with Crippen molar-refractivity contribution >= 4 is 5.97 Å². The van der Waals surface area contributed by atoms with E-state index in [2.05, 4.69) is 31.0 Å². The van der Waals surface area contributed by atoms with E-state index >= 15 is 0 Å². The SMILES string of the molecule is CCNC(CN1CC(C)CCC1C)(C(=O)OC)C1CC1. The second-order valence-electron chi connectivity index (χ2n) is 6.73. The second kappa shape index (κ2) is 6.44. The molecule has 1 aliphatic carbocycles. The first-order valence-electron chi connectivity index (χ1n) is 8.11. The van der Waals surface area contributed by atoms with Gasteiger partial charge in [-0.3, -0.25) is 4.90 Å². The minimum Gasteiger partial charge on any atom is -0.468 e. The van der Waals surface area contributed by atoms with Gasteiger partial charge in [-0.15, -0.1) is 0 Å². The highest BCUT2D eigenvalue weighted by molar-refractivity contribution is 5.82. The van der Waals surface area contributed by atoms with Crippen molar-refractivity contribution in [2.24, 2.45) is 11.8 Å². The number of hydrogen-bond donors (Lipinski definition) is 1. The smallest absolute Gasteiger partial charge is 0.327 e. The van der Waals surface area contributed by atoms with Crippen molar-refractivity contribution in [2.75, 3.05) is 26.7 Å². The van der Waals surface area contributed by atoms with E-state index in [1.807, 2.05) is 0 Å². The summed E-state index contributed by atoms with van der Waals surface area (Å²) in [5.41, 5.74) is -0.491. The van der Waals surface area contributed by atoms with Gasteiger partial charge in [0.15, 0.2) is 0 Å². The zero-order valence-electron chi connectivity index (χ0n) is 13.4. The van der Waals surface area contributed by atoms with Crippen LogP contribution in [0.25, 0.3) is 0 Å². The highest BCUT2D eigenvalue weighted by Crippen LogP contribution is 2.41. The maximum Gasteiger partial charge on any atom is 0.327 e. The van der Waals surface area contributed by atoms with E-state index in [0.29, 0.717) is 12.0 Å². The van der Waals surface area contributed by atoms with E-state index in [1.165, 1.54) is 20.0 Å². The molecule has 1 heterocycles. The number of likely N-dealkylation sites (N-methyl/N-ethyl adjacent to an activating group) is 1. The number of rotatable bonds is 6. The number of nitrogens with zero attached hydrogens (tertiary/aromatic N) is 1. The van der Waals surface area contributed by atoms with E-state index in [4.69, 9.17) is 4.74 Å². The third kappa shape index (κ3) is 3.17. The Morgan fingerprint density at radius 3 is 2.55 bits per heavy atom. The maximum absolute atomic E-state index is 12.5. The van der Waals surface area contributed by atoms with E-state index in [9.17, 15) is 4.79 Å². The average molecular weight is 282 g/mol. The van der Waals surface area contributed by atoms with Crippen molar-refractivity contribution in [3.63, 3.8) is 0 Å². The number of carbonyl (C=O) groups is 1. The first-order chi connectivity index (χ1) is 9.53. The van der Waals surface area contributed by atoms with Gasteiger partial charge >= 0.3 is 5.97 Å². The third-order valence-corrected chi connectivity index (χ3v) is 5.02. The largest absolute Gasteiger partial charge is 0.468 e. The van der Waals surface area contributed by atoms with Crippen LogP contribution in [0.4, 0.5) is 0 Å². The summed E-state index contributed by atoms with van der Waals surface area (Å²) in [5, 5.41) is 3.48. The van der Waals surface area contributed by atoms with E-state index in [0.717, 1.165) is 38.4 Å². The van der Waals surface area contributed by atoms with Crippen LogP contribution in [0, 0.1) is 11.8 Å². The number of likely N-dealkylation sites (tertiary alicyclic amines) is 1. The molecule has 3 atom stereocenters. The minimum absolute atomic E-state index is 0.0766. The molecule has 0 aromatic heterocycles. The van der Waals surface area contributed by atoms with Gasteiger partial charge in [0.05, 0.1) is 7.11 Å². The first kappa shape index (κ1) is 15.8. The number of methoxy groups -OCH3 is 1. The summed E-state index contributed by atoms with van der Waals surface area (Å²) in [6, 6.07) is 0.563. The Balaban J connectivity index is 2.15. The Hall–Kier alpha value is -0.610. The Morgan fingerprint density at radius 1 is 1.30 bits per heavy atom. The quantitative estimate of drug-likeness (QED) is 0.757. The van der Waals surface area contributed by atoms with E-state index in [-0.39, 0.29) is 5.97 Å². The fourth-order valence-electron chi connectivity index (χ4n) is 3.63. The first-order valence-corrected chi connectivity index (χ1v) is 8.11. The molecule has 2 fully saturated rings. The van der Waals surface area contributed by atoms with Crippen molar-refractivity contribution in [3.05, 3.63) is 0 Å². The fourth-order valence-corrected chi connectivity index (χ4v) is 3.63. The van der Waals surface area contributed by atoms with Crippen LogP contribution in [-0.4, -0.2) is 49.2 Å². The average Bonchev–Trinajstić information content (AvgIpc) is 3.26. The van der Waals surface area contributed by atoms with Crippen LogP contribution < -0.4 is 5.32 Å². The lowest BCUT2D eigenvalue weighted by molar-refractivity contribution is -0.151. The summed E-state index contributed by atoms with van der Waals surface area (Å²) in [6.45, 7) is 9.36. The number of ether oxygens (including phenoxy) is 1. The summed E-state index contributed by atoms with van der Waals surface area (Å²) >= 11 is 0. The fraction of sp³-hybridized carbons (Fsp3) is 0.938. The Bertz CT molecular complexity index is 343. The molecule has 4 nitrogen and oxygen atoms in total. The van der Waals surface area contributed by atoms with Gasteiger partial charge in [-0.1, -0.05) is 13.8 Å². The van der Waals surface area contributed by atoms with Gasteiger partial charge in [0.2, 0.25) is 0 Å². The molecule has 0 radical (unpaired) electrons. The molecule has 0 amide bonds. The van der Waals surface area contributed by atoms with Crippen molar-refractivity contribution in [3.8, 4) is 0 Å². The van der Waals surface area contributed by atoms with Crippen LogP contribution in [0.5, 0.6) is 0 Å². The highest BCUT2D eigenvalue weighted by Gasteiger charge is 2.52. The van der Waals surface area contributed by atoms with Crippen LogP contribution in [0.1, 0.15) is 46.5 Å². The molecule has 116 valence electrons. The standard InChI is InChI=1S/C16H30N2O2/c1-5-17-16(14-8-9-14,15(19)20-4)11-18-10-12(2)6-7-13(18)3/h12-14,17H,5-11H2,1-4H3. The molecule has 1 saturated carbocycles. The Kier molecular flexibility index (Phi) is 5.08. The normalized spacial score (nSPS) is 30.8. The van der Waals surface area contributed by atoms with Crippen LogP contribution >= 0.6 is 0 Å². The molecule has 2 rings (SSSR count). The van der Waals surface area contributed by atoms with Gasteiger partial charge in [0, 0.05) is 19.1 Å². The van der Waals surface area contributed by atoms with Crippen LogP contribution in [0.15, 0.2) is 0 Å². The lowest BCUT2D eigenvalue weighted by Crippen LogP contribution is -2.63. The highest BCUT2D eigenvalue weighted by atomic mass is 16.5. The molecule has 0 aromatic carbocycles. The van der Waals surface area contributed by atoms with Gasteiger partial charge in [-0.2, -0.15) is 0 Å². The van der Waals surface area contributed by atoms with Gasteiger partial charge in [0.25, 0.3) is 0 Å². The lowest BCUT2D eigenvalue weighted by atomic mass is 9.88. The molecule has 0 spiro atoms. The second-order valence-corrected chi connectivity index (χ2v) is 6.73. The maximum atomic E-state index is 12.5. The van der Waals surface area contributed by atoms with Crippen molar-refractivity contribution in [1.29, 1.82) is 0 Å². The minimum atomic E-state index is -0.491. The number of esters is 1. The van der Waals surface area contributed by atoms with Gasteiger partial charge < -0.3 is 10.1 Å². The van der Waals surface area contributed by atoms with E-state index < -0.39 is 5.54 Å². The number of nitrogens with one attached hydrogen (secondary N) is 1. The summed E-state index contributed by atoms with van der Waals surface area (Å²) in [5.74, 6) is 1.09. The summed E-state index contributed by atoms with van der Waals surface area (Å²) < 4.78 is 5.15. The predicted molar refractivity (Wildman–Crippen MR) is 80.6 cm³/mol. The van der Waals surface area contributed by atoms with Crippen LogP contribution in [0.2, 0.25) is 0 Å². The van der Waals surface area contributed by atoms with Crippen molar-refractivity contribution in [2.45, 2.75) is 58.0 Å². The third-order valence-electron chi connectivity index (χ3n) is 5.02. The lowest BCUT2D eigenvalue weighted by Gasteiger charge is -2.43. The van der Waals surface area contributed by atoms with Gasteiger partial charge in [-0.25, -0.2) is 4.79 Å². The molecule has 1 saturated heterocycles. The molecule has 0 bridgehead atoms. The summed E-state index contributed by atoms with van der Waals surface area (Å²) in [6.07, 6.45) is 4.81. The molecular weight excluding hydrogens is 252 g/mol. The molecule has 1 N–H and O–H groups in total. The molecular formula is C16H30N2O2. The molecule has 1 aliphatic heterocycles. The number of hydrogen-bond acceptors (Lipinski definition) is 4. The Labute approximate surface area is 123 Å². The van der Waals surface area contributed by atoms with Gasteiger partial charge in [0.1, 0.15) is 5.54 Å². The molecule has 4 heteroatoms. The number of piperidine rings is 1. The van der Waals surface area contributed by atoms with Gasteiger partial charge in [-0.05, 0) is 51.0 Å². The summed E-state index contributed by atoms with van der Waals surface area (Å²) in [4.78, 5) is 14.9. The topological polar surface area (TPSA) is 41.6 Å². The van der Waals surface area contributed by atoms with Crippen LogP contribution in [0.3, 0.4) is 0 Å². The molecule has 3 unspecified atom stereocenters. The monoisotopic (exact) mass is 282 g/mol. The zero-order chi connectivity index (χ0) is 14.8. The molecule has 0 aromatic rings. The predicted octanol–water partition coefficient (Wildman–Crippen LogP) is 2.04.